The summed E-state index contributed by atoms with van der Waals surface area (Å²) in [5, 5.41) is 198. The minimum atomic E-state index is -2.44. The molecule has 10 aliphatic heterocycles. The number of ether oxygens (including phenoxy) is 12. The van der Waals surface area contributed by atoms with Gasteiger partial charge in [0.1, 0.15) is 150 Å². The molecule has 0 spiro atoms. The Balaban J connectivity index is 0.961. The number of fused-ring (bicyclic) bond motifs is 13. The van der Waals surface area contributed by atoms with Gasteiger partial charge in [0.15, 0.2) is 35.9 Å². The first-order valence-corrected chi connectivity index (χ1v) is 40.5. The molecule has 4 saturated heterocycles. The highest BCUT2D eigenvalue weighted by molar-refractivity contribution is 6.00. The molecule has 0 saturated carbocycles. The summed E-state index contributed by atoms with van der Waals surface area (Å²) in [6, 6.07) is 0.739. The van der Waals surface area contributed by atoms with E-state index in [9.17, 15) is 91.3 Å². The van der Waals surface area contributed by atoms with Gasteiger partial charge in [0.25, 0.3) is 0 Å². The number of benzene rings is 5. The summed E-state index contributed by atoms with van der Waals surface area (Å²) in [6.45, 7) is 2.51. The first-order valence-electron chi connectivity index (χ1n) is 40.5. The standard InChI is InChI=1S/C84H96N8O35/c1-28-45(97)18-35-20-46(28)122-47-19-33(9-16-44(47)96)55(86)75(109)91-60-64(100)31-5-11-38(12-6-31)120-49-21-36-22-50(74(49)127-84-72(108)69(105)66(102)52(125-84)27-117-82-70(106)67(103)63(99)30(3)119-82)121-39-13-7-32(8-14-39)73(126-53-25-42(85)62(98)29(2)118-53)61-80(114)90-59(81(115)116-4)41-23-37(94)24-48(123-83-71(107)68(104)65(101)51(26-93)124-83)54(41)40-17-34(10-15-43(40)95)56(76(110)92-61)87-78(112)58(36)88-77(111)57(35)89-79(60)113/h5-18,20-24,28-30,33,42,46,51-53,55-73,82-84,93-108H,19,25-27,85-86H2,1-4H3,(H,87,112)(H,88,111)(H,89,113)(H,90,114)(H,91,109)(H,92,110). The van der Waals surface area contributed by atoms with E-state index in [-0.39, 0.29) is 46.8 Å². The monoisotopic (exact) mass is 1780 g/mol. The van der Waals surface area contributed by atoms with Crippen molar-refractivity contribution >= 4 is 41.4 Å². The van der Waals surface area contributed by atoms with Crippen molar-refractivity contribution in [2.45, 2.75) is 211 Å². The number of aliphatic hydroxyl groups is 14. The highest BCUT2D eigenvalue weighted by Crippen LogP contribution is 2.50. The van der Waals surface area contributed by atoms with E-state index in [0.29, 0.717) is 0 Å². The molecule has 12 aliphatic rings. The maximum atomic E-state index is 16.9. The Labute approximate surface area is 720 Å². The number of esters is 1. The summed E-state index contributed by atoms with van der Waals surface area (Å²) >= 11 is 0. The van der Waals surface area contributed by atoms with Crippen LogP contribution in [0.25, 0.3) is 11.1 Å². The van der Waals surface area contributed by atoms with Crippen molar-refractivity contribution in [3.63, 3.8) is 0 Å². The third kappa shape index (κ3) is 18.1. The average molecular weight is 1780 g/mol. The van der Waals surface area contributed by atoms with Gasteiger partial charge < -0.3 is 182 Å². The number of phenolic OH excluding ortho intramolecular Hbond substituents is 2. The van der Waals surface area contributed by atoms with Crippen molar-refractivity contribution in [1.82, 2.24) is 31.9 Å². The summed E-state index contributed by atoms with van der Waals surface area (Å²) in [7, 11) is 0.905. The minimum absolute atomic E-state index is 0.0800. The van der Waals surface area contributed by atoms with Gasteiger partial charge in [-0.2, -0.15) is 0 Å². The van der Waals surface area contributed by atoms with Crippen molar-refractivity contribution in [3.05, 3.63) is 166 Å². The lowest BCUT2D eigenvalue weighted by atomic mass is 9.87. The number of nitrogens with one attached hydrogen (secondary N) is 6. The van der Waals surface area contributed by atoms with E-state index < -0.39 is 318 Å². The number of amides is 6. The van der Waals surface area contributed by atoms with E-state index in [0.717, 1.165) is 55.7 Å². The Morgan fingerprint density at radius 3 is 1.77 bits per heavy atom. The molecule has 31 atom stereocenters. The third-order valence-electron chi connectivity index (χ3n) is 24.0. The van der Waals surface area contributed by atoms with Crippen molar-refractivity contribution < 1.29 is 172 Å². The van der Waals surface area contributed by atoms with Gasteiger partial charge in [0.2, 0.25) is 53.8 Å². The summed E-state index contributed by atoms with van der Waals surface area (Å²) in [6.07, 6.45) is -33.6. The van der Waals surface area contributed by atoms with Gasteiger partial charge >= 0.3 is 5.97 Å². The van der Waals surface area contributed by atoms with Crippen molar-refractivity contribution in [2.24, 2.45) is 23.3 Å². The Morgan fingerprint density at radius 2 is 1.12 bits per heavy atom. The molecule has 17 bridgehead atoms. The maximum Gasteiger partial charge on any atom is 0.333 e. The number of hydrogen-bond donors (Lipinski definition) is 24. The molecular weight excluding hydrogens is 1680 g/mol. The third-order valence-corrected chi connectivity index (χ3v) is 24.0. The average Bonchev–Trinajstić information content (AvgIpc) is 0.744. The van der Waals surface area contributed by atoms with Gasteiger partial charge in [-0.25, -0.2) is 4.79 Å². The molecule has 26 N–H and O–H groups in total. The molecular formula is C84H96N8O35. The predicted molar refractivity (Wildman–Crippen MR) is 425 cm³/mol. The number of allylic oxidation sites excluding steroid dienone is 2. The van der Waals surface area contributed by atoms with E-state index in [2.05, 4.69) is 31.9 Å². The Hall–Kier alpha value is -11.3. The molecule has 2 aliphatic carbocycles. The zero-order valence-corrected chi connectivity index (χ0v) is 67.8. The topological polar surface area (TPSA) is 678 Å². The first-order chi connectivity index (χ1) is 60.4. The molecule has 43 heteroatoms. The van der Waals surface area contributed by atoms with Gasteiger partial charge in [-0.05, 0) is 114 Å². The van der Waals surface area contributed by atoms with E-state index >= 15 is 24.0 Å². The van der Waals surface area contributed by atoms with Crippen LogP contribution in [0, 0.1) is 11.8 Å². The molecule has 43 nitrogen and oxygen atoms in total. The predicted octanol–water partition coefficient (Wildman–Crippen LogP) is -3.60. The fourth-order valence-corrected chi connectivity index (χ4v) is 16.5. The van der Waals surface area contributed by atoms with E-state index in [4.69, 9.17) is 68.3 Å². The van der Waals surface area contributed by atoms with Crippen LogP contribution in [0.5, 0.6) is 46.0 Å². The van der Waals surface area contributed by atoms with Crippen LogP contribution in [0.3, 0.4) is 0 Å². The molecule has 31 unspecified atom stereocenters. The summed E-state index contributed by atoms with van der Waals surface area (Å²) in [5.74, 6) is -17.2. The number of rotatable bonds is 11. The summed E-state index contributed by atoms with van der Waals surface area (Å²) in [4.78, 5) is 111. The zero-order chi connectivity index (χ0) is 90.9. The number of nitrogens with two attached hydrogens (primary N) is 2. The number of aliphatic hydroxyl groups excluding tert-OH is 14. The van der Waals surface area contributed by atoms with Gasteiger partial charge in [-0.15, -0.1) is 0 Å². The molecule has 17 rings (SSSR count). The van der Waals surface area contributed by atoms with Crippen molar-refractivity contribution in [1.29, 1.82) is 0 Å². The lowest BCUT2D eigenvalue weighted by molar-refractivity contribution is -0.318. The van der Waals surface area contributed by atoms with Crippen LogP contribution in [-0.2, 0) is 71.5 Å². The number of carbonyl (C=O) groups excluding carboxylic acids is 7. The molecule has 682 valence electrons. The van der Waals surface area contributed by atoms with E-state index in [1.807, 2.05) is 0 Å². The molecule has 6 amide bonds. The van der Waals surface area contributed by atoms with Crippen molar-refractivity contribution in [3.8, 4) is 57.1 Å². The van der Waals surface area contributed by atoms with Crippen LogP contribution in [0.1, 0.15) is 91.8 Å². The van der Waals surface area contributed by atoms with Crippen LogP contribution < -0.4 is 62.3 Å². The molecule has 5 aromatic rings. The second kappa shape index (κ2) is 36.8. The molecule has 0 radical (unpaired) electrons. The van der Waals surface area contributed by atoms with Crippen LogP contribution in [-0.4, -0.2) is 290 Å². The minimum Gasteiger partial charge on any atom is -0.512 e. The molecule has 5 aromatic carbocycles. The van der Waals surface area contributed by atoms with E-state index in [1.54, 1.807) is 0 Å². The largest absolute Gasteiger partial charge is 0.512 e. The summed E-state index contributed by atoms with van der Waals surface area (Å²) < 4.78 is 74.3. The SMILES string of the molecule is COC(=O)C1NC(=O)C2NC(=O)C(NC(=O)C3NC(=O)C4NC(=O)C(NC(=O)C(N)C5C=CC(O)=C(C5)OC5C=C4C=C(O)C5C)C(O)c4ccc(cc4)Oc4cc3cc(c4OC3OC(COC4OC(C)C(O)C(O)C4O)C(O)C(O)C3O)Oc3ccc(cc3)C2OC2CC(N)C(O)C(C)O2)c2ccc(O)c(c2)-c2c(OC3OC(CO)C(O)C(O)C3O)cc(O)cc21. The number of aromatic hydroxyl groups is 2. The number of hydrogen-bond acceptors (Lipinski definition) is 37. The Bertz CT molecular complexity index is 5140. The highest BCUT2D eigenvalue weighted by atomic mass is 16.7. The molecule has 127 heavy (non-hydrogen) atoms. The molecule has 0 aromatic heterocycles. The lowest BCUT2D eigenvalue weighted by Gasteiger charge is -2.42. The second-order valence-electron chi connectivity index (χ2n) is 32.4. The van der Waals surface area contributed by atoms with Crippen LogP contribution >= 0.6 is 0 Å². The smallest absolute Gasteiger partial charge is 0.333 e. The maximum absolute atomic E-state index is 16.9. The quantitative estimate of drug-likeness (QED) is 0.0568. The first kappa shape index (κ1) is 90.5. The van der Waals surface area contributed by atoms with Crippen LogP contribution in [0.15, 0.2) is 138 Å². The Morgan fingerprint density at radius 1 is 0.551 bits per heavy atom. The number of phenols is 2. The van der Waals surface area contributed by atoms with Gasteiger partial charge in [-0.1, -0.05) is 43.3 Å². The van der Waals surface area contributed by atoms with Gasteiger partial charge in [0.05, 0.1) is 56.4 Å². The fraction of sp³-hybridized carbons (Fsp3) is 0.464. The highest BCUT2D eigenvalue weighted by Gasteiger charge is 2.52. The number of carbonyl (C=O) groups is 7. The van der Waals surface area contributed by atoms with Gasteiger partial charge in [-0.3, -0.25) is 28.8 Å². The zero-order valence-electron chi connectivity index (χ0n) is 67.8. The van der Waals surface area contributed by atoms with Crippen LogP contribution in [0.4, 0.5) is 0 Å². The summed E-state index contributed by atoms with van der Waals surface area (Å²) in [5.41, 5.74) is 10.1. The molecule has 4 fully saturated rings. The van der Waals surface area contributed by atoms with Crippen molar-refractivity contribution in [2.75, 3.05) is 20.3 Å². The molecule has 10 heterocycles. The van der Waals surface area contributed by atoms with Crippen LogP contribution in [0.2, 0.25) is 0 Å². The van der Waals surface area contributed by atoms with Gasteiger partial charge in [0, 0.05) is 47.6 Å². The normalized spacial score (nSPS) is 36.3. The number of methoxy groups -OCH3 is 1. The fourth-order valence-electron chi connectivity index (χ4n) is 16.5. The second-order valence-corrected chi connectivity index (χ2v) is 32.4. The van der Waals surface area contributed by atoms with E-state index in [1.165, 1.54) is 87.5 Å². The Kier molecular flexibility index (Phi) is 26.3. The lowest BCUT2D eigenvalue weighted by Crippen LogP contribution is -2.61.